The standard InChI is InChI=1S/C12H15ClF3N3/c13-9-5-8(12(14,15)16)6-18-10(9)19-7-11(1-2-11)3-4-17/h5-6H,1-4,7,17H2,(H,18,19). The van der Waals surface area contributed by atoms with Gasteiger partial charge in [0, 0.05) is 12.7 Å². The molecule has 0 aliphatic heterocycles. The SMILES string of the molecule is NCCC1(CNc2ncc(C(F)(F)F)cc2Cl)CC1. The predicted molar refractivity (Wildman–Crippen MR) is 68.1 cm³/mol. The molecule has 1 fully saturated rings. The molecule has 0 aromatic carbocycles. The van der Waals surface area contributed by atoms with Crippen molar-refractivity contribution in [2.45, 2.75) is 25.4 Å². The van der Waals surface area contributed by atoms with Gasteiger partial charge in [-0.2, -0.15) is 13.2 Å². The summed E-state index contributed by atoms with van der Waals surface area (Å²) >= 11 is 5.81. The zero-order valence-corrected chi connectivity index (χ0v) is 11.0. The minimum atomic E-state index is -4.42. The van der Waals surface area contributed by atoms with Gasteiger partial charge in [0.1, 0.15) is 5.82 Å². The molecule has 0 unspecified atom stereocenters. The monoisotopic (exact) mass is 293 g/mol. The van der Waals surface area contributed by atoms with Crippen molar-refractivity contribution in [2.75, 3.05) is 18.4 Å². The summed E-state index contributed by atoms with van der Waals surface area (Å²) in [5, 5.41) is 3.00. The Balaban J connectivity index is 2.02. The lowest BCUT2D eigenvalue weighted by atomic mass is 10.0. The van der Waals surface area contributed by atoms with Crippen LogP contribution in [0, 0.1) is 5.41 Å². The van der Waals surface area contributed by atoms with E-state index >= 15 is 0 Å². The Labute approximate surface area is 114 Å². The Hall–Kier alpha value is -1.01. The molecule has 0 amide bonds. The first-order valence-electron chi connectivity index (χ1n) is 6.03. The Bertz CT molecular complexity index is 458. The number of halogens is 4. The molecule has 0 radical (unpaired) electrons. The predicted octanol–water partition coefficient (Wildman–Crippen LogP) is 3.29. The summed E-state index contributed by atoms with van der Waals surface area (Å²) in [5.41, 5.74) is 4.85. The van der Waals surface area contributed by atoms with E-state index in [-0.39, 0.29) is 16.3 Å². The maximum atomic E-state index is 12.5. The fraction of sp³-hybridized carbons (Fsp3) is 0.583. The number of aromatic nitrogens is 1. The lowest BCUT2D eigenvalue weighted by Crippen LogP contribution is -2.20. The number of rotatable bonds is 5. The highest BCUT2D eigenvalue weighted by molar-refractivity contribution is 6.32. The van der Waals surface area contributed by atoms with Crippen LogP contribution >= 0.6 is 11.6 Å². The second-order valence-electron chi connectivity index (χ2n) is 4.94. The van der Waals surface area contributed by atoms with Crippen molar-refractivity contribution in [2.24, 2.45) is 11.1 Å². The average Bonchev–Trinajstić information content (AvgIpc) is 3.07. The molecule has 2 rings (SSSR count). The number of alkyl halides is 3. The van der Waals surface area contributed by atoms with Crippen molar-refractivity contribution in [3.63, 3.8) is 0 Å². The van der Waals surface area contributed by atoms with Gasteiger partial charge in [-0.1, -0.05) is 11.6 Å². The summed E-state index contributed by atoms with van der Waals surface area (Å²) < 4.78 is 37.4. The molecule has 0 saturated heterocycles. The molecule has 106 valence electrons. The Kier molecular flexibility index (Phi) is 3.92. The van der Waals surface area contributed by atoms with Crippen LogP contribution in [0.1, 0.15) is 24.8 Å². The molecule has 0 bridgehead atoms. The van der Waals surface area contributed by atoms with Gasteiger partial charge in [-0.3, -0.25) is 0 Å². The van der Waals surface area contributed by atoms with E-state index in [1.54, 1.807) is 0 Å². The first kappa shape index (κ1) is 14.4. The molecule has 1 aromatic heterocycles. The molecule has 1 aromatic rings. The van der Waals surface area contributed by atoms with Gasteiger partial charge in [0.2, 0.25) is 0 Å². The number of nitrogens with zero attached hydrogens (tertiary/aromatic N) is 1. The number of anilines is 1. The van der Waals surface area contributed by atoms with Crippen molar-refractivity contribution in [1.29, 1.82) is 0 Å². The number of nitrogens with two attached hydrogens (primary N) is 1. The molecule has 1 heterocycles. The van der Waals surface area contributed by atoms with Crippen molar-refractivity contribution in [1.82, 2.24) is 4.98 Å². The van der Waals surface area contributed by atoms with Crippen LogP contribution in [0.4, 0.5) is 19.0 Å². The van der Waals surface area contributed by atoms with Crippen molar-refractivity contribution >= 4 is 17.4 Å². The topological polar surface area (TPSA) is 50.9 Å². The van der Waals surface area contributed by atoms with E-state index in [1.807, 2.05) is 0 Å². The Morgan fingerprint density at radius 2 is 2.11 bits per heavy atom. The van der Waals surface area contributed by atoms with Crippen LogP contribution in [0.2, 0.25) is 5.02 Å². The van der Waals surface area contributed by atoms with E-state index < -0.39 is 11.7 Å². The van der Waals surface area contributed by atoms with Crippen LogP contribution in [0.25, 0.3) is 0 Å². The van der Waals surface area contributed by atoms with Gasteiger partial charge in [0.25, 0.3) is 0 Å². The van der Waals surface area contributed by atoms with E-state index in [2.05, 4.69) is 10.3 Å². The highest BCUT2D eigenvalue weighted by Crippen LogP contribution is 2.48. The molecule has 3 nitrogen and oxygen atoms in total. The van der Waals surface area contributed by atoms with E-state index in [0.29, 0.717) is 13.1 Å². The maximum absolute atomic E-state index is 12.5. The third kappa shape index (κ3) is 3.51. The van der Waals surface area contributed by atoms with Crippen molar-refractivity contribution in [3.8, 4) is 0 Å². The van der Waals surface area contributed by atoms with E-state index in [1.165, 1.54) is 0 Å². The minimum absolute atomic E-state index is 0.0154. The van der Waals surface area contributed by atoms with Gasteiger partial charge < -0.3 is 11.1 Å². The highest BCUT2D eigenvalue weighted by Gasteiger charge is 2.41. The van der Waals surface area contributed by atoms with E-state index in [0.717, 1.165) is 31.5 Å². The van der Waals surface area contributed by atoms with Crippen molar-refractivity contribution in [3.05, 3.63) is 22.8 Å². The van der Waals surface area contributed by atoms with Crippen LogP contribution in [-0.2, 0) is 6.18 Å². The van der Waals surface area contributed by atoms with E-state index in [9.17, 15) is 13.2 Å². The van der Waals surface area contributed by atoms with Crippen LogP contribution in [0.3, 0.4) is 0 Å². The van der Waals surface area contributed by atoms with Gasteiger partial charge in [0.15, 0.2) is 0 Å². The Morgan fingerprint density at radius 1 is 1.42 bits per heavy atom. The van der Waals surface area contributed by atoms with E-state index in [4.69, 9.17) is 17.3 Å². The van der Waals surface area contributed by atoms with Gasteiger partial charge in [-0.05, 0) is 37.3 Å². The molecule has 1 aliphatic rings. The first-order chi connectivity index (χ1) is 8.86. The van der Waals surface area contributed by atoms with Gasteiger partial charge in [0.05, 0.1) is 10.6 Å². The molecule has 3 N–H and O–H groups in total. The number of nitrogens with one attached hydrogen (secondary N) is 1. The summed E-state index contributed by atoms with van der Waals surface area (Å²) in [5.74, 6) is 0.290. The second-order valence-corrected chi connectivity index (χ2v) is 5.35. The zero-order chi connectivity index (χ0) is 14.1. The minimum Gasteiger partial charge on any atom is -0.368 e. The van der Waals surface area contributed by atoms with Crippen LogP contribution in [0.15, 0.2) is 12.3 Å². The molecule has 7 heteroatoms. The summed E-state index contributed by atoms with van der Waals surface area (Å²) in [6.07, 6.45) is -0.577. The first-order valence-corrected chi connectivity index (χ1v) is 6.41. The molecule has 1 saturated carbocycles. The average molecular weight is 294 g/mol. The lowest BCUT2D eigenvalue weighted by Gasteiger charge is -2.16. The van der Waals surface area contributed by atoms with Gasteiger partial charge >= 0.3 is 6.18 Å². The van der Waals surface area contributed by atoms with Gasteiger partial charge in [-0.25, -0.2) is 4.98 Å². The van der Waals surface area contributed by atoms with Crippen LogP contribution in [0.5, 0.6) is 0 Å². The summed E-state index contributed by atoms with van der Waals surface area (Å²) in [4.78, 5) is 3.74. The van der Waals surface area contributed by atoms with Crippen LogP contribution in [-0.4, -0.2) is 18.1 Å². The Morgan fingerprint density at radius 3 is 2.58 bits per heavy atom. The molecule has 0 atom stereocenters. The third-order valence-electron chi connectivity index (χ3n) is 3.43. The summed E-state index contributed by atoms with van der Waals surface area (Å²) in [6, 6.07) is 0.888. The molecule has 19 heavy (non-hydrogen) atoms. The number of hydrogen-bond acceptors (Lipinski definition) is 3. The quantitative estimate of drug-likeness (QED) is 0.876. The lowest BCUT2D eigenvalue weighted by molar-refractivity contribution is -0.137. The van der Waals surface area contributed by atoms with Crippen LogP contribution < -0.4 is 11.1 Å². The highest BCUT2D eigenvalue weighted by atomic mass is 35.5. The van der Waals surface area contributed by atoms with Crippen molar-refractivity contribution < 1.29 is 13.2 Å². The largest absolute Gasteiger partial charge is 0.417 e. The normalized spacial score (nSPS) is 17.3. The zero-order valence-electron chi connectivity index (χ0n) is 10.2. The second kappa shape index (κ2) is 5.17. The third-order valence-corrected chi connectivity index (χ3v) is 3.72. The number of pyridine rings is 1. The summed E-state index contributed by atoms with van der Waals surface area (Å²) in [7, 11) is 0. The van der Waals surface area contributed by atoms with Gasteiger partial charge in [-0.15, -0.1) is 0 Å². The number of hydrogen-bond donors (Lipinski definition) is 2. The smallest absolute Gasteiger partial charge is 0.368 e. The summed E-state index contributed by atoms with van der Waals surface area (Å²) in [6.45, 7) is 1.25. The molecular weight excluding hydrogens is 279 g/mol. The fourth-order valence-electron chi connectivity index (χ4n) is 1.99. The fourth-order valence-corrected chi connectivity index (χ4v) is 2.23. The molecule has 1 aliphatic carbocycles. The maximum Gasteiger partial charge on any atom is 0.417 e. The molecule has 0 spiro atoms. The molecular formula is C12H15ClF3N3.